The van der Waals surface area contributed by atoms with Crippen LogP contribution in [-0.2, 0) is 19.1 Å². The molecule has 1 aliphatic heterocycles. The average molecular weight is 375 g/mol. The molecule has 1 heterocycles. The van der Waals surface area contributed by atoms with Gasteiger partial charge in [0.15, 0.2) is 6.61 Å². The van der Waals surface area contributed by atoms with Crippen molar-refractivity contribution in [3.8, 4) is 5.75 Å². The third-order valence-electron chi connectivity index (χ3n) is 4.35. The number of ether oxygens (including phenoxy) is 2. The first-order valence-corrected chi connectivity index (χ1v) is 8.68. The van der Waals surface area contributed by atoms with E-state index in [0.29, 0.717) is 11.4 Å². The van der Waals surface area contributed by atoms with E-state index in [1.165, 1.54) is 12.0 Å². The quantitative estimate of drug-likeness (QED) is 0.703. The van der Waals surface area contributed by atoms with E-state index >= 15 is 0 Å². The maximum atomic E-state index is 12.3. The predicted octanol–water partition coefficient (Wildman–Crippen LogP) is 0.579. The molecule has 27 heavy (non-hydrogen) atoms. The number of para-hydroxylation sites is 2. The number of carbonyl (C=O) groups excluding carboxylic acids is 4. The number of hydrogen-bond donors (Lipinski definition) is 2. The zero-order valence-corrected chi connectivity index (χ0v) is 14.9. The summed E-state index contributed by atoms with van der Waals surface area (Å²) in [6.07, 6.45) is 1.78. The van der Waals surface area contributed by atoms with E-state index in [1.807, 2.05) is 0 Å². The van der Waals surface area contributed by atoms with Gasteiger partial charge in [-0.3, -0.25) is 19.7 Å². The summed E-state index contributed by atoms with van der Waals surface area (Å²) in [6.45, 7) is -0.432. The molecule has 9 nitrogen and oxygen atoms in total. The van der Waals surface area contributed by atoms with Crippen LogP contribution in [0.1, 0.15) is 19.3 Å². The maximum absolute atomic E-state index is 12.3. The first kappa shape index (κ1) is 18.7. The Morgan fingerprint density at radius 3 is 2.67 bits per heavy atom. The number of rotatable bonds is 6. The second-order valence-electron chi connectivity index (χ2n) is 6.48. The molecule has 3 rings (SSSR count). The minimum Gasteiger partial charge on any atom is -0.495 e. The van der Waals surface area contributed by atoms with Crippen LogP contribution in [-0.4, -0.2) is 50.1 Å². The van der Waals surface area contributed by atoms with Crippen molar-refractivity contribution < 1.29 is 28.7 Å². The topological polar surface area (TPSA) is 114 Å². The summed E-state index contributed by atoms with van der Waals surface area (Å²) in [4.78, 5) is 49.1. The van der Waals surface area contributed by atoms with Crippen LogP contribution in [0, 0.1) is 5.92 Å². The third kappa shape index (κ3) is 4.75. The van der Waals surface area contributed by atoms with E-state index in [1.54, 1.807) is 24.3 Å². The lowest BCUT2D eigenvalue weighted by molar-refractivity contribution is -0.152. The van der Waals surface area contributed by atoms with E-state index < -0.39 is 30.4 Å². The Kier molecular flexibility index (Phi) is 5.58. The molecule has 1 saturated heterocycles. The molecule has 0 radical (unpaired) electrons. The van der Waals surface area contributed by atoms with Crippen LogP contribution in [0.15, 0.2) is 24.3 Å². The lowest BCUT2D eigenvalue weighted by Gasteiger charge is -2.19. The molecule has 1 aromatic rings. The Morgan fingerprint density at radius 2 is 1.96 bits per heavy atom. The summed E-state index contributed by atoms with van der Waals surface area (Å²) in [5.41, 5.74) is 0.579. The van der Waals surface area contributed by atoms with Gasteiger partial charge in [0.25, 0.3) is 5.91 Å². The second kappa shape index (κ2) is 8.07. The van der Waals surface area contributed by atoms with E-state index in [9.17, 15) is 19.2 Å². The Labute approximate surface area is 156 Å². The minimum absolute atomic E-state index is 0.0132. The molecule has 2 aliphatic rings. The summed E-state index contributed by atoms with van der Waals surface area (Å²) in [6, 6.07) is 6.53. The molecule has 144 valence electrons. The summed E-state index contributed by atoms with van der Waals surface area (Å²) in [5, 5.41) is 4.69. The Hall–Kier alpha value is -3.10. The Bertz CT molecular complexity index is 761. The molecule has 1 aromatic carbocycles. The number of carbonyl (C=O) groups is 4. The van der Waals surface area contributed by atoms with Crippen LogP contribution in [0.2, 0.25) is 0 Å². The molecule has 1 aliphatic carbocycles. The van der Waals surface area contributed by atoms with E-state index in [4.69, 9.17) is 9.47 Å². The highest BCUT2D eigenvalue weighted by Crippen LogP contribution is 2.33. The number of amides is 4. The van der Waals surface area contributed by atoms with Gasteiger partial charge in [0.2, 0.25) is 5.91 Å². The molecular formula is C18H21N3O6. The molecule has 0 unspecified atom stereocenters. The number of nitrogens with zero attached hydrogens (tertiary/aromatic N) is 1. The molecule has 9 heteroatoms. The van der Waals surface area contributed by atoms with Gasteiger partial charge in [0, 0.05) is 19.0 Å². The highest BCUT2D eigenvalue weighted by molar-refractivity contribution is 6.01. The van der Waals surface area contributed by atoms with Crippen molar-refractivity contribution in [3.63, 3.8) is 0 Å². The van der Waals surface area contributed by atoms with E-state index in [0.717, 1.165) is 12.8 Å². The van der Waals surface area contributed by atoms with Gasteiger partial charge < -0.3 is 19.7 Å². The Morgan fingerprint density at radius 1 is 1.22 bits per heavy atom. The molecule has 2 N–H and O–H groups in total. The largest absolute Gasteiger partial charge is 0.495 e. The van der Waals surface area contributed by atoms with Gasteiger partial charge in [-0.25, -0.2) is 4.79 Å². The highest BCUT2D eigenvalue weighted by atomic mass is 16.5. The number of anilines is 1. The number of urea groups is 1. The van der Waals surface area contributed by atoms with Gasteiger partial charge in [0.1, 0.15) is 5.75 Å². The summed E-state index contributed by atoms with van der Waals surface area (Å²) in [5.74, 6) is -1.75. The van der Waals surface area contributed by atoms with Gasteiger partial charge in [0.05, 0.1) is 18.7 Å². The fraction of sp³-hybridized carbons (Fsp3) is 0.444. The second-order valence-corrected chi connectivity index (χ2v) is 6.48. The van der Waals surface area contributed by atoms with Crippen molar-refractivity contribution in [1.29, 1.82) is 0 Å². The summed E-state index contributed by atoms with van der Waals surface area (Å²) < 4.78 is 10.2. The number of hydrogen-bond acceptors (Lipinski definition) is 6. The van der Waals surface area contributed by atoms with Gasteiger partial charge in [-0.15, -0.1) is 0 Å². The molecule has 0 bridgehead atoms. The normalized spacial score (nSPS) is 18.8. The SMILES string of the molecule is COc1ccccc1N1C[C@@H](C(=O)OCC(=O)NC(=O)NC2CC2)CC1=O. The van der Waals surface area contributed by atoms with Crippen molar-refractivity contribution in [2.75, 3.05) is 25.2 Å². The van der Waals surface area contributed by atoms with Crippen molar-refractivity contribution in [3.05, 3.63) is 24.3 Å². The summed E-state index contributed by atoms with van der Waals surface area (Å²) in [7, 11) is 1.50. The van der Waals surface area contributed by atoms with E-state index in [2.05, 4.69) is 10.6 Å². The van der Waals surface area contributed by atoms with Gasteiger partial charge in [-0.1, -0.05) is 12.1 Å². The fourth-order valence-corrected chi connectivity index (χ4v) is 2.82. The molecule has 1 atom stereocenters. The van der Waals surface area contributed by atoms with Crippen LogP contribution >= 0.6 is 0 Å². The van der Waals surface area contributed by atoms with Crippen LogP contribution < -0.4 is 20.3 Å². The summed E-state index contributed by atoms with van der Waals surface area (Å²) >= 11 is 0. The van der Waals surface area contributed by atoms with Crippen molar-refractivity contribution in [1.82, 2.24) is 10.6 Å². The standard InChI is InChI=1S/C18H21N3O6/c1-26-14-5-3-2-4-13(14)21-9-11(8-16(21)23)17(24)27-10-15(22)20-18(25)19-12-6-7-12/h2-5,11-12H,6-10H2,1H3,(H2,19,20,22,25)/t11-/m0/s1. The maximum Gasteiger partial charge on any atom is 0.321 e. The first-order chi connectivity index (χ1) is 13.0. The Balaban J connectivity index is 1.50. The smallest absolute Gasteiger partial charge is 0.321 e. The van der Waals surface area contributed by atoms with Crippen molar-refractivity contribution >= 4 is 29.5 Å². The van der Waals surface area contributed by atoms with Gasteiger partial charge in [-0.2, -0.15) is 0 Å². The fourth-order valence-electron chi connectivity index (χ4n) is 2.82. The molecule has 2 fully saturated rings. The van der Waals surface area contributed by atoms with Gasteiger partial charge >= 0.3 is 12.0 Å². The van der Waals surface area contributed by atoms with Crippen LogP contribution in [0.5, 0.6) is 5.75 Å². The highest BCUT2D eigenvalue weighted by Gasteiger charge is 2.37. The lowest BCUT2D eigenvalue weighted by atomic mass is 10.1. The van der Waals surface area contributed by atoms with Crippen LogP contribution in [0.3, 0.4) is 0 Å². The predicted molar refractivity (Wildman–Crippen MR) is 94.1 cm³/mol. The zero-order valence-electron chi connectivity index (χ0n) is 14.9. The average Bonchev–Trinajstić information content (AvgIpc) is 3.38. The number of imide groups is 1. The monoisotopic (exact) mass is 375 g/mol. The first-order valence-electron chi connectivity index (χ1n) is 8.68. The van der Waals surface area contributed by atoms with Gasteiger partial charge in [-0.05, 0) is 25.0 Å². The zero-order chi connectivity index (χ0) is 19.4. The van der Waals surface area contributed by atoms with E-state index in [-0.39, 0.29) is 24.9 Å². The molecule has 1 saturated carbocycles. The minimum atomic E-state index is -0.715. The molecule has 0 aromatic heterocycles. The molecular weight excluding hydrogens is 354 g/mol. The molecule has 0 spiro atoms. The van der Waals surface area contributed by atoms with Crippen molar-refractivity contribution in [2.24, 2.45) is 5.92 Å². The number of methoxy groups -OCH3 is 1. The number of esters is 1. The van der Waals surface area contributed by atoms with Crippen molar-refractivity contribution in [2.45, 2.75) is 25.3 Å². The number of nitrogens with one attached hydrogen (secondary N) is 2. The third-order valence-corrected chi connectivity index (χ3v) is 4.35. The van der Waals surface area contributed by atoms with Crippen LogP contribution in [0.25, 0.3) is 0 Å². The lowest BCUT2D eigenvalue weighted by Crippen LogP contribution is -2.42. The number of benzene rings is 1. The van der Waals surface area contributed by atoms with Crippen LogP contribution in [0.4, 0.5) is 10.5 Å². The molecule has 4 amide bonds.